The lowest BCUT2D eigenvalue weighted by Crippen LogP contribution is -2.20. The number of pyridine rings is 2. The molecule has 0 saturated heterocycles. The molecule has 0 aliphatic heterocycles. The number of hydrogen-bond acceptors (Lipinski definition) is 6. The lowest BCUT2D eigenvalue weighted by Gasteiger charge is -2.15. The quantitative estimate of drug-likeness (QED) is 0.453. The molecule has 0 aliphatic rings. The molecule has 3 aromatic rings. The number of nitrogens with zero attached hydrogens (tertiary/aromatic N) is 3. The highest BCUT2D eigenvalue weighted by Gasteiger charge is 2.17. The molecule has 0 atom stereocenters. The van der Waals surface area contributed by atoms with Crippen LogP contribution in [0.2, 0.25) is 0 Å². The van der Waals surface area contributed by atoms with Crippen molar-refractivity contribution in [2.45, 2.75) is 25.3 Å². The van der Waals surface area contributed by atoms with Gasteiger partial charge in [0, 0.05) is 25.6 Å². The van der Waals surface area contributed by atoms with Crippen molar-refractivity contribution in [3.05, 3.63) is 48.8 Å². The number of rotatable bonds is 9. The second-order valence-corrected chi connectivity index (χ2v) is 6.36. The number of aromatic amines is 1. The first-order valence-electron chi connectivity index (χ1n) is 8.60. The van der Waals surface area contributed by atoms with Gasteiger partial charge in [-0.25, -0.2) is 4.98 Å². The number of thioether (sulfide) groups is 1. The molecular weight excluding hydrogens is 348 g/mol. The fourth-order valence-electron chi connectivity index (χ4n) is 2.47. The Kier molecular flexibility index (Phi) is 6.76. The zero-order valence-corrected chi connectivity index (χ0v) is 15.7. The van der Waals surface area contributed by atoms with Gasteiger partial charge in [-0.05, 0) is 38.1 Å². The van der Waals surface area contributed by atoms with E-state index in [9.17, 15) is 0 Å². The van der Waals surface area contributed by atoms with E-state index in [4.69, 9.17) is 14.5 Å². The van der Waals surface area contributed by atoms with Crippen LogP contribution in [0.5, 0.6) is 0 Å². The number of hydrogen-bond donors (Lipinski definition) is 1. The van der Waals surface area contributed by atoms with Crippen molar-refractivity contribution in [1.82, 2.24) is 19.9 Å². The Labute approximate surface area is 157 Å². The summed E-state index contributed by atoms with van der Waals surface area (Å²) in [4.78, 5) is 17.0. The van der Waals surface area contributed by atoms with Gasteiger partial charge < -0.3 is 14.5 Å². The van der Waals surface area contributed by atoms with E-state index in [1.165, 1.54) is 0 Å². The number of ether oxygens (including phenoxy) is 2. The molecule has 0 fully saturated rings. The molecule has 0 aliphatic carbocycles. The van der Waals surface area contributed by atoms with Crippen LogP contribution in [0.4, 0.5) is 0 Å². The van der Waals surface area contributed by atoms with Gasteiger partial charge in [0.05, 0.1) is 22.8 Å². The summed E-state index contributed by atoms with van der Waals surface area (Å²) >= 11 is 1.56. The highest BCUT2D eigenvalue weighted by Crippen LogP contribution is 2.31. The minimum absolute atomic E-state index is 0.253. The Balaban J connectivity index is 1.87. The van der Waals surface area contributed by atoms with E-state index in [0.717, 1.165) is 27.9 Å². The SMILES string of the molecule is CCOC(CSc1nc(-c2ccccn2)c(-c2ccccn2)[nH]1)OCC. The van der Waals surface area contributed by atoms with E-state index in [0.29, 0.717) is 19.0 Å². The van der Waals surface area contributed by atoms with E-state index in [-0.39, 0.29) is 6.29 Å². The average molecular weight is 370 g/mol. The molecule has 26 heavy (non-hydrogen) atoms. The predicted octanol–water partition coefficient (Wildman–Crippen LogP) is 4.02. The number of nitrogens with one attached hydrogen (secondary N) is 1. The molecule has 0 amide bonds. The zero-order chi connectivity index (χ0) is 18.2. The van der Waals surface area contributed by atoms with Crippen molar-refractivity contribution in [2.75, 3.05) is 19.0 Å². The highest BCUT2D eigenvalue weighted by molar-refractivity contribution is 7.99. The van der Waals surface area contributed by atoms with Crippen LogP contribution in [-0.4, -0.2) is 45.2 Å². The molecule has 0 spiro atoms. The Hall–Kier alpha value is -2.22. The summed E-state index contributed by atoms with van der Waals surface area (Å²) in [6.07, 6.45) is 3.28. The molecule has 0 saturated carbocycles. The molecule has 0 unspecified atom stereocenters. The summed E-state index contributed by atoms with van der Waals surface area (Å²) in [6.45, 7) is 5.15. The fraction of sp³-hybridized carbons (Fsp3) is 0.316. The lowest BCUT2D eigenvalue weighted by molar-refractivity contribution is -0.120. The largest absolute Gasteiger partial charge is 0.352 e. The molecule has 6 nitrogen and oxygen atoms in total. The zero-order valence-electron chi connectivity index (χ0n) is 14.9. The highest BCUT2D eigenvalue weighted by atomic mass is 32.2. The van der Waals surface area contributed by atoms with E-state index < -0.39 is 0 Å². The monoisotopic (exact) mass is 370 g/mol. The van der Waals surface area contributed by atoms with E-state index in [1.807, 2.05) is 50.2 Å². The van der Waals surface area contributed by atoms with Crippen LogP contribution >= 0.6 is 11.8 Å². The molecule has 1 N–H and O–H groups in total. The van der Waals surface area contributed by atoms with Gasteiger partial charge in [-0.1, -0.05) is 23.9 Å². The Morgan fingerprint density at radius 1 is 0.962 bits per heavy atom. The molecule has 3 aromatic heterocycles. The van der Waals surface area contributed by atoms with Crippen molar-refractivity contribution >= 4 is 11.8 Å². The van der Waals surface area contributed by atoms with Crippen LogP contribution < -0.4 is 0 Å². The molecule has 0 bridgehead atoms. The second kappa shape index (κ2) is 9.47. The summed E-state index contributed by atoms with van der Waals surface area (Å²) in [5.74, 6) is 0.651. The first kappa shape index (κ1) is 18.6. The summed E-state index contributed by atoms with van der Waals surface area (Å²) in [5.41, 5.74) is 3.29. The molecule has 136 valence electrons. The van der Waals surface area contributed by atoms with Crippen LogP contribution in [0.15, 0.2) is 53.9 Å². The normalized spacial score (nSPS) is 11.2. The maximum atomic E-state index is 5.60. The van der Waals surface area contributed by atoms with Crippen LogP contribution in [0.3, 0.4) is 0 Å². The smallest absolute Gasteiger partial charge is 0.166 e. The Morgan fingerprint density at radius 2 is 1.62 bits per heavy atom. The Morgan fingerprint density at radius 3 is 2.19 bits per heavy atom. The first-order chi connectivity index (χ1) is 12.8. The third kappa shape index (κ3) is 4.69. The maximum Gasteiger partial charge on any atom is 0.166 e. The van der Waals surface area contributed by atoms with E-state index in [1.54, 1.807) is 24.2 Å². The number of aromatic nitrogens is 4. The summed E-state index contributed by atoms with van der Waals surface area (Å²) in [6, 6.07) is 11.6. The minimum atomic E-state index is -0.253. The van der Waals surface area contributed by atoms with Crippen LogP contribution in [0, 0.1) is 0 Å². The van der Waals surface area contributed by atoms with Crippen LogP contribution in [0.1, 0.15) is 13.8 Å². The predicted molar refractivity (Wildman–Crippen MR) is 103 cm³/mol. The van der Waals surface area contributed by atoms with Gasteiger partial charge in [0.2, 0.25) is 0 Å². The standard InChI is InChI=1S/C19H22N4O2S/c1-3-24-16(25-4-2)13-26-19-22-17(14-9-5-7-11-20-14)18(23-19)15-10-6-8-12-21-15/h5-12,16H,3-4,13H2,1-2H3,(H,22,23). The van der Waals surface area contributed by atoms with Crippen molar-refractivity contribution in [3.63, 3.8) is 0 Å². The summed E-state index contributed by atoms with van der Waals surface area (Å²) in [7, 11) is 0. The Bertz CT molecular complexity index is 733. The third-order valence-corrected chi connectivity index (χ3v) is 4.48. The molecule has 3 heterocycles. The second-order valence-electron chi connectivity index (χ2n) is 5.35. The van der Waals surface area contributed by atoms with E-state index >= 15 is 0 Å². The average Bonchev–Trinajstić information content (AvgIpc) is 3.12. The lowest BCUT2D eigenvalue weighted by atomic mass is 10.2. The maximum absolute atomic E-state index is 5.60. The number of imidazole rings is 1. The molecular formula is C19H22N4O2S. The van der Waals surface area contributed by atoms with Gasteiger partial charge in [-0.2, -0.15) is 0 Å². The van der Waals surface area contributed by atoms with Gasteiger partial charge in [-0.15, -0.1) is 0 Å². The molecule has 0 radical (unpaired) electrons. The van der Waals surface area contributed by atoms with Gasteiger partial charge in [-0.3, -0.25) is 9.97 Å². The summed E-state index contributed by atoms with van der Waals surface area (Å²) < 4.78 is 11.2. The fourth-order valence-corrected chi connectivity index (χ4v) is 3.28. The third-order valence-electron chi connectivity index (χ3n) is 3.57. The topological polar surface area (TPSA) is 72.9 Å². The first-order valence-corrected chi connectivity index (χ1v) is 9.59. The summed E-state index contributed by atoms with van der Waals surface area (Å²) in [5, 5.41) is 0.788. The van der Waals surface area contributed by atoms with Crippen molar-refractivity contribution < 1.29 is 9.47 Å². The van der Waals surface area contributed by atoms with Gasteiger partial charge >= 0.3 is 0 Å². The van der Waals surface area contributed by atoms with E-state index in [2.05, 4.69) is 15.0 Å². The van der Waals surface area contributed by atoms with Crippen molar-refractivity contribution in [1.29, 1.82) is 0 Å². The van der Waals surface area contributed by atoms with Crippen molar-refractivity contribution in [2.24, 2.45) is 0 Å². The molecule has 7 heteroatoms. The minimum Gasteiger partial charge on any atom is -0.352 e. The van der Waals surface area contributed by atoms with Crippen LogP contribution in [-0.2, 0) is 9.47 Å². The van der Waals surface area contributed by atoms with Gasteiger partial charge in [0.1, 0.15) is 5.69 Å². The van der Waals surface area contributed by atoms with Crippen LogP contribution in [0.25, 0.3) is 22.8 Å². The molecule has 0 aromatic carbocycles. The van der Waals surface area contributed by atoms with Gasteiger partial charge in [0.15, 0.2) is 11.4 Å². The van der Waals surface area contributed by atoms with Crippen molar-refractivity contribution in [3.8, 4) is 22.8 Å². The number of H-pyrrole nitrogens is 1. The van der Waals surface area contributed by atoms with Gasteiger partial charge in [0.25, 0.3) is 0 Å². The molecule has 3 rings (SSSR count).